The Kier molecular flexibility index (Phi) is 4.04. The quantitative estimate of drug-likeness (QED) is 0.690. The summed E-state index contributed by atoms with van der Waals surface area (Å²) in [5.41, 5.74) is 1.52. The topological polar surface area (TPSA) is 70.4 Å². The number of rotatable bonds is 4. The lowest BCUT2D eigenvalue weighted by Crippen LogP contribution is -2.19. The Morgan fingerprint density at radius 1 is 1.04 bits per heavy atom. The number of ketones is 1. The minimum absolute atomic E-state index is 0.0256. The SMILES string of the molecule is COc1cc2ncn(-c3ccc(C(C)=O)cc3)c(=O)c2cc1OC. The maximum Gasteiger partial charge on any atom is 0.265 e. The number of Topliss-reactive ketones (excluding diaryl/α,β-unsaturated/α-hetero) is 1. The first-order chi connectivity index (χ1) is 11.5. The van der Waals surface area contributed by atoms with Gasteiger partial charge in [-0.3, -0.25) is 14.2 Å². The van der Waals surface area contributed by atoms with E-state index in [4.69, 9.17) is 9.47 Å². The van der Waals surface area contributed by atoms with E-state index in [9.17, 15) is 9.59 Å². The second kappa shape index (κ2) is 6.16. The van der Waals surface area contributed by atoms with Gasteiger partial charge in [0.05, 0.1) is 30.8 Å². The molecule has 0 unspecified atom stereocenters. The van der Waals surface area contributed by atoms with E-state index < -0.39 is 0 Å². The molecule has 0 saturated heterocycles. The fraction of sp³-hybridized carbons (Fsp3) is 0.167. The smallest absolute Gasteiger partial charge is 0.265 e. The van der Waals surface area contributed by atoms with Crippen LogP contribution >= 0.6 is 0 Å². The van der Waals surface area contributed by atoms with Gasteiger partial charge in [0, 0.05) is 11.6 Å². The standard InChI is InChI=1S/C18H16N2O4/c1-11(21)12-4-6-13(7-5-12)20-10-19-15-9-17(24-3)16(23-2)8-14(15)18(20)22/h4-10H,1-3H3. The molecule has 0 radical (unpaired) electrons. The number of benzene rings is 2. The molecule has 0 fully saturated rings. The third-order valence-electron chi connectivity index (χ3n) is 3.82. The van der Waals surface area contributed by atoms with Gasteiger partial charge in [-0.2, -0.15) is 0 Å². The molecule has 6 heteroatoms. The van der Waals surface area contributed by atoms with Crippen LogP contribution in [0.15, 0.2) is 47.5 Å². The molecule has 0 aliphatic heterocycles. The number of carbonyl (C=O) groups is 1. The Bertz CT molecular complexity index is 975. The summed E-state index contributed by atoms with van der Waals surface area (Å²) < 4.78 is 11.9. The highest BCUT2D eigenvalue weighted by molar-refractivity contribution is 5.94. The highest BCUT2D eigenvalue weighted by Crippen LogP contribution is 2.29. The summed E-state index contributed by atoms with van der Waals surface area (Å²) in [6.45, 7) is 1.50. The van der Waals surface area contributed by atoms with Gasteiger partial charge in [0.2, 0.25) is 0 Å². The summed E-state index contributed by atoms with van der Waals surface area (Å²) >= 11 is 0. The van der Waals surface area contributed by atoms with E-state index >= 15 is 0 Å². The molecule has 122 valence electrons. The molecular weight excluding hydrogens is 308 g/mol. The van der Waals surface area contributed by atoms with Crippen LogP contribution < -0.4 is 15.0 Å². The summed E-state index contributed by atoms with van der Waals surface area (Å²) in [4.78, 5) is 28.5. The Labute approximate surface area is 138 Å². The van der Waals surface area contributed by atoms with Crippen LogP contribution in [0.1, 0.15) is 17.3 Å². The first-order valence-electron chi connectivity index (χ1n) is 7.30. The molecule has 0 amide bonds. The van der Waals surface area contributed by atoms with E-state index in [1.807, 2.05) is 0 Å². The van der Waals surface area contributed by atoms with Gasteiger partial charge in [0.1, 0.15) is 6.33 Å². The molecule has 3 rings (SSSR count). The van der Waals surface area contributed by atoms with Gasteiger partial charge >= 0.3 is 0 Å². The lowest BCUT2D eigenvalue weighted by Gasteiger charge is -2.10. The first-order valence-corrected chi connectivity index (χ1v) is 7.30. The van der Waals surface area contributed by atoms with Crippen molar-refractivity contribution in [2.75, 3.05) is 14.2 Å². The fourth-order valence-corrected chi connectivity index (χ4v) is 2.49. The lowest BCUT2D eigenvalue weighted by molar-refractivity contribution is 0.101. The number of fused-ring (bicyclic) bond motifs is 1. The molecule has 0 bridgehead atoms. The minimum Gasteiger partial charge on any atom is -0.493 e. The molecule has 0 aliphatic rings. The summed E-state index contributed by atoms with van der Waals surface area (Å²) in [7, 11) is 3.04. The van der Waals surface area contributed by atoms with Crippen molar-refractivity contribution in [1.29, 1.82) is 0 Å². The number of ether oxygens (including phenoxy) is 2. The van der Waals surface area contributed by atoms with E-state index in [-0.39, 0.29) is 11.3 Å². The van der Waals surface area contributed by atoms with Crippen molar-refractivity contribution in [3.63, 3.8) is 0 Å². The van der Waals surface area contributed by atoms with Gasteiger partial charge < -0.3 is 9.47 Å². The predicted octanol–water partition coefficient (Wildman–Crippen LogP) is 2.61. The number of aromatic nitrogens is 2. The van der Waals surface area contributed by atoms with Gasteiger partial charge in [-0.25, -0.2) is 4.98 Å². The molecule has 1 aromatic heterocycles. The van der Waals surface area contributed by atoms with Crippen molar-refractivity contribution >= 4 is 16.7 Å². The largest absolute Gasteiger partial charge is 0.493 e. The maximum atomic E-state index is 12.8. The van der Waals surface area contributed by atoms with Gasteiger partial charge in [-0.05, 0) is 37.3 Å². The number of hydrogen-bond acceptors (Lipinski definition) is 5. The molecule has 3 aromatic rings. The molecule has 0 N–H and O–H groups in total. The molecule has 2 aromatic carbocycles. The summed E-state index contributed by atoms with van der Waals surface area (Å²) in [6, 6.07) is 10.1. The fourth-order valence-electron chi connectivity index (χ4n) is 2.49. The van der Waals surface area contributed by atoms with Crippen LogP contribution in [0.3, 0.4) is 0 Å². The van der Waals surface area contributed by atoms with Crippen LogP contribution in [0.25, 0.3) is 16.6 Å². The first kappa shape index (κ1) is 15.7. The monoisotopic (exact) mass is 324 g/mol. The van der Waals surface area contributed by atoms with Gasteiger partial charge in [0.15, 0.2) is 17.3 Å². The molecular formula is C18H16N2O4. The normalized spacial score (nSPS) is 10.6. The minimum atomic E-state index is -0.225. The highest BCUT2D eigenvalue weighted by Gasteiger charge is 2.12. The van der Waals surface area contributed by atoms with Crippen molar-refractivity contribution in [3.8, 4) is 17.2 Å². The third kappa shape index (κ3) is 2.62. The number of methoxy groups -OCH3 is 2. The van der Waals surface area contributed by atoms with Crippen molar-refractivity contribution in [1.82, 2.24) is 9.55 Å². The van der Waals surface area contributed by atoms with Gasteiger partial charge in [-0.15, -0.1) is 0 Å². The maximum absolute atomic E-state index is 12.8. The summed E-state index contributed by atoms with van der Waals surface area (Å²) in [5, 5.41) is 0.422. The molecule has 24 heavy (non-hydrogen) atoms. The molecule has 1 heterocycles. The van der Waals surface area contributed by atoms with Crippen molar-refractivity contribution in [3.05, 3.63) is 58.6 Å². The molecule has 0 spiro atoms. The predicted molar refractivity (Wildman–Crippen MR) is 90.4 cm³/mol. The van der Waals surface area contributed by atoms with Crippen LogP contribution in [-0.4, -0.2) is 29.6 Å². The third-order valence-corrected chi connectivity index (χ3v) is 3.82. The molecule has 6 nitrogen and oxygen atoms in total. The number of nitrogens with zero attached hydrogens (tertiary/aromatic N) is 2. The van der Waals surface area contributed by atoms with Crippen molar-refractivity contribution < 1.29 is 14.3 Å². The zero-order chi connectivity index (χ0) is 17.3. The van der Waals surface area contributed by atoms with E-state index in [2.05, 4.69) is 4.98 Å². The Balaban J connectivity index is 2.18. The zero-order valence-electron chi connectivity index (χ0n) is 13.6. The molecule has 0 atom stereocenters. The summed E-state index contributed by atoms with van der Waals surface area (Å²) in [5.74, 6) is 0.955. The van der Waals surface area contributed by atoms with Crippen LogP contribution in [0, 0.1) is 0 Å². The highest BCUT2D eigenvalue weighted by atomic mass is 16.5. The van der Waals surface area contributed by atoms with Gasteiger partial charge in [0.25, 0.3) is 5.56 Å². The zero-order valence-corrected chi connectivity index (χ0v) is 13.6. The Morgan fingerprint density at radius 2 is 1.67 bits per heavy atom. The molecule has 0 saturated carbocycles. The van der Waals surface area contributed by atoms with Gasteiger partial charge in [-0.1, -0.05) is 0 Å². The van der Waals surface area contributed by atoms with Crippen molar-refractivity contribution in [2.45, 2.75) is 6.92 Å². The Hall–Kier alpha value is -3.15. The average molecular weight is 324 g/mol. The van der Waals surface area contributed by atoms with Crippen LogP contribution in [-0.2, 0) is 0 Å². The average Bonchev–Trinajstić information content (AvgIpc) is 2.61. The lowest BCUT2D eigenvalue weighted by atomic mass is 10.1. The number of hydrogen-bond donors (Lipinski definition) is 0. The second-order valence-corrected chi connectivity index (χ2v) is 5.25. The Morgan fingerprint density at radius 3 is 2.25 bits per heavy atom. The van der Waals surface area contributed by atoms with Crippen LogP contribution in [0.2, 0.25) is 0 Å². The van der Waals surface area contributed by atoms with E-state index in [0.29, 0.717) is 33.7 Å². The van der Waals surface area contributed by atoms with Crippen molar-refractivity contribution in [2.24, 2.45) is 0 Å². The summed E-state index contributed by atoms with van der Waals surface area (Å²) in [6.07, 6.45) is 1.46. The second-order valence-electron chi connectivity index (χ2n) is 5.25. The van der Waals surface area contributed by atoms with E-state index in [0.717, 1.165) is 0 Å². The van der Waals surface area contributed by atoms with Crippen LogP contribution in [0.4, 0.5) is 0 Å². The van der Waals surface area contributed by atoms with E-state index in [1.165, 1.54) is 32.0 Å². The van der Waals surface area contributed by atoms with Crippen LogP contribution in [0.5, 0.6) is 11.5 Å². The van der Waals surface area contributed by atoms with E-state index in [1.54, 1.807) is 36.4 Å². The number of carbonyl (C=O) groups excluding carboxylic acids is 1. The molecule has 0 aliphatic carbocycles.